The Kier molecular flexibility index (Phi) is 4.57. The van der Waals surface area contributed by atoms with E-state index >= 15 is 0 Å². The third-order valence-corrected chi connectivity index (χ3v) is 4.35. The van der Waals surface area contributed by atoms with Crippen LogP contribution in [0.25, 0.3) is 0 Å². The Morgan fingerprint density at radius 3 is 2.76 bits per heavy atom. The number of nitrogens with two attached hydrogens (primary N) is 1. The molecule has 1 amide bonds. The zero-order chi connectivity index (χ0) is 15.6. The van der Waals surface area contributed by atoms with Gasteiger partial charge in [-0.1, -0.05) is 31.5 Å². The lowest BCUT2D eigenvalue weighted by Crippen LogP contribution is -2.54. The number of amides is 1. The highest BCUT2D eigenvalue weighted by atomic mass is 16.5. The number of aryl methyl sites for hydroxylation is 2. The van der Waals surface area contributed by atoms with Gasteiger partial charge in [-0.3, -0.25) is 4.79 Å². The van der Waals surface area contributed by atoms with Gasteiger partial charge >= 0.3 is 0 Å². The Balaban J connectivity index is 1.93. The second kappa shape index (κ2) is 6.06. The van der Waals surface area contributed by atoms with Crippen molar-refractivity contribution in [2.24, 2.45) is 11.1 Å². The number of rotatable bonds is 3. The summed E-state index contributed by atoms with van der Waals surface area (Å²) in [4.78, 5) is 14.2. The standard InChI is InChI=1S/C17H26N2O2/c1-12-5-6-14(13(2)9-12)21-10-16(20)19-8-7-15(18)17(3,4)11-19/h5-6,9,15H,7-8,10-11,18H2,1-4H3. The molecule has 0 aromatic heterocycles. The molecule has 1 aromatic rings. The van der Waals surface area contributed by atoms with E-state index in [2.05, 4.69) is 19.9 Å². The van der Waals surface area contributed by atoms with Crippen molar-refractivity contribution in [2.45, 2.75) is 40.2 Å². The van der Waals surface area contributed by atoms with Crippen LogP contribution in [-0.4, -0.2) is 36.5 Å². The maximum Gasteiger partial charge on any atom is 0.260 e. The number of benzene rings is 1. The van der Waals surface area contributed by atoms with Gasteiger partial charge in [0.05, 0.1) is 0 Å². The fourth-order valence-corrected chi connectivity index (χ4v) is 2.78. The first-order valence-corrected chi connectivity index (χ1v) is 7.53. The van der Waals surface area contributed by atoms with Gasteiger partial charge < -0.3 is 15.4 Å². The zero-order valence-corrected chi connectivity index (χ0v) is 13.5. The van der Waals surface area contributed by atoms with Crippen LogP contribution in [0.2, 0.25) is 0 Å². The lowest BCUT2D eigenvalue weighted by molar-refractivity contribution is -0.136. The second-order valence-electron chi connectivity index (χ2n) is 6.76. The maximum atomic E-state index is 12.3. The van der Waals surface area contributed by atoms with Crippen LogP contribution in [-0.2, 0) is 4.79 Å². The molecule has 4 nitrogen and oxygen atoms in total. The van der Waals surface area contributed by atoms with Crippen LogP contribution in [0, 0.1) is 19.3 Å². The minimum absolute atomic E-state index is 0.0340. The monoisotopic (exact) mass is 290 g/mol. The number of ether oxygens (including phenoxy) is 1. The van der Waals surface area contributed by atoms with E-state index in [0.29, 0.717) is 6.54 Å². The average molecular weight is 290 g/mol. The van der Waals surface area contributed by atoms with Gasteiger partial charge in [0.15, 0.2) is 6.61 Å². The minimum atomic E-state index is -0.0340. The van der Waals surface area contributed by atoms with E-state index in [0.717, 1.165) is 24.3 Å². The summed E-state index contributed by atoms with van der Waals surface area (Å²) < 4.78 is 5.68. The van der Waals surface area contributed by atoms with E-state index in [9.17, 15) is 4.79 Å². The van der Waals surface area contributed by atoms with Gasteiger partial charge in [0.1, 0.15) is 5.75 Å². The lowest BCUT2D eigenvalue weighted by atomic mass is 9.80. The van der Waals surface area contributed by atoms with Crippen LogP contribution in [0.3, 0.4) is 0 Å². The third-order valence-electron chi connectivity index (χ3n) is 4.35. The normalized spacial score (nSPS) is 21.2. The van der Waals surface area contributed by atoms with Crippen molar-refractivity contribution >= 4 is 5.91 Å². The molecule has 1 aliphatic heterocycles. The predicted molar refractivity (Wildman–Crippen MR) is 84.4 cm³/mol. The highest BCUT2D eigenvalue weighted by Gasteiger charge is 2.35. The van der Waals surface area contributed by atoms with Gasteiger partial charge in [-0.2, -0.15) is 0 Å². The molecule has 0 radical (unpaired) electrons. The van der Waals surface area contributed by atoms with Gasteiger partial charge in [0.2, 0.25) is 0 Å². The predicted octanol–water partition coefficient (Wildman–Crippen LogP) is 2.27. The fourth-order valence-electron chi connectivity index (χ4n) is 2.78. The molecule has 21 heavy (non-hydrogen) atoms. The molecular formula is C17H26N2O2. The highest BCUT2D eigenvalue weighted by molar-refractivity contribution is 5.78. The molecule has 1 unspecified atom stereocenters. The zero-order valence-electron chi connectivity index (χ0n) is 13.5. The van der Waals surface area contributed by atoms with Crippen LogP contribution >= 0.6 is 0 Å². The van der Waals surface area contributed by atoms with Crippen molar-refractivity contribution in [3.8, 4) is 5.75 Å². The molecule has 0 bridgehead atoms. The molecule has 116 valence electrons. The van der Waals surface area contributed by atoms with Crippen LogP contribution in [0.15, 0.2) is 18.2 Å². The van der Waals surface area contributed by atoms with E-state index in [1.807, 2.05) is 30.9 Å². The number of hydrogen-bond acceptors (Lipinski definition) is 3. The quantitative estimate of drug-likeness (QED) is 0.929. The first kappa shape index (κ1) is 15.8. The summed E-state index contributed by atoms with van der Waals surface area (Å²) in [5.41, 5.74) is 8.32. The summed E-state index contributed by atoms with van der Waals surface area (Å²) >= 11 is 0. The van der Waals surface area contributed by atoms with Crippen molar-refractivity contribution < 1.29 is 9.53 Å². The number of hydrogen-bond donors (Lipinski definition) is 1. The number of nitrogens with zero attached hydrogens (tertiary/aromatic N) is 1. The van der Waals surface area contributed by atoms with Crippen molar-refractivity contribution in [2.75, 3.05) is 19.7 Å². The summed E-state index contributed by atoms with van der Waals surface area (Å²) in [5, 5.41) is 0. The third kappa shape index (κ3) is 3.76. The second-order valence-corrected chi connectivity index (χ2v) is 6.76. The molecule has 4 heteroatoms. The molecule has 1 heterocycles. The Hall–Kier alpha value is -1.55. The summed E-state index contributed by atoms with van der Waals surface area (Å²) in [6.45, 7) is 9.78. The van der Waals surface area contributed by atoms with E-state index < -0.39 is 0 Å². The molecule has 1 fully saturated rings. The molecule has 0 spiro atoms. The Morgan fingerprint density at radius 2 is 2.14 bits per heavy atom. The van der Waals surface area contributed by atoms with Gasteiger partial charge in [0, 0.05) is 19.1 Å². The van der Waals surface area contributed by atoms with Gasteiger partial charge in [0.25, 0.3) is 5.91 Å². The Morgan fingerprint density at radius 1 is 1.43 bits per heavy atom. The molecule has 1 aromatic carbocycles. The van der Waals surface area contributed by atoms with Crippen LogP contribution in [0.1, 0.15) is 31.4 Å². The van der Waals surface area contributed by atoms with E-state index in [1.54, 1.807) is 0 Å². The minimum Gasteiger partial charge on any atom is -0.484 e. The maximum absolute atomic E-state index is 12.3. The molecule has 1 saturated heterocycles. The van der Waals surface area contributed by atoms with E-state index in [1.165, 1.54) is 5.56 Å². The largest absolute Gasteiger partial charge is 0.484 e. The van der Waals surface area contributed by atoms with Gasteiger partial charge in [-0.25, -0.2) is 0 Å². The molecule has 2 rings (SSSR count). The highest BCUT2D eigenvalue weighted by Crippen LogP contribution is 2.27. The summed E-state index contributed by atoms with van der Waals surface area (Å²) in [7, 11) is 0. The van der Waals surface area contributed by atoms with E-state index in [-0.39, 0.29) is 24.0 Å². The van der Waals surface area contributed by atoms with Crippen molar-refractivity contribution in [3.63, 3.8) is 0 Å². The van der Waals surface area contributed by atoms with Crippen molar-refractivity contribution in [1.29, 1.82) is 0 Å². The van der Waals surface area contributed by atoms with Crippen LogP contribution in [0.4, 0.5) is 0 Å². The lowest BCUT2D eigenvalue weighted by Gasteiger charge is -2.42. The summed E-state index contributed by atoms with van der Waals surface area (Å²) in [6.07, 6.45) is 0.850. The van der Waals surface area contributed by atoms with Crippen molar-refractivity contribution in [1.82, 2.24) is 4.90 Å². The molecular weight excluding hydrogens is 264 g/mol. The number of carbonyl (C=O) groups is 1. The molecule has 1 atom stereocenters. The average Bonchev–Trinajstić information content (AvgIpc) is 2.40. The Labute approximate surface area is 127 Å². The molecule has 2 N–H and O–H groups in total. The van der Waals surface area contributed by atoms with Crippen molar-refractivity contribution in [3.05, 3.63) is 29.3 Å². The summed E-state index contributed by atoms with van der Waals surface area (Å²) in [5.74, 6) is 0.817. The Bertz CT molecular complexity index is 526. The fraction of sp³-hybridized carbons (Fsp3) is 0.588. The van der Waals surface area contributed by atoms with Gasteiger partial charge in [-0.15, -0.1) is 0 Å². The summed E-state index contributed by atoms with van der Waals surface area (Å²) in [6, 6.07) is 6.13. The first-order valence-electron chi connectivity index (χ1n) is 7.53. The van der Waals surface area contributed by atoms with E-state index in [4.69, 9.17) is 10.5 Å². The number of piperidine rings is 1. The topological polar surface area (TPSA) is 55.6 Å². The molecule has 1 aliphatic rings. The smallest absolute Gasteiger partial charge is 0.260 e. The number of likely N-dealkylation sites (tertiary alicyclic amines) is 1. The SMILES string of the molecule is Cc1ccc(OCC(=O)N2CCC(N)C(C)(C)C2)c(C)c1. The van der Waals surface area contributed by atoms with Crippen LogP contribution < -0.4 is 10.5 Å². The van der Waals surface area contributed by atoms with Crippen LogP contribution in [0.5, 0.6) is 5.75 Å². The molecule has 0 saturated carbocycles. The molecule has 0 aliphatic carbocycles. The first-order chi connectivity index (χ1) is 9.79. The van der Waals surface area contributed by atoms with Gasteiger partial charge in [-0.05, 0) is 37.3 Å². The number of carbonyl (C=O) groups excluding carboxylic acids is 1.